The Hall–Kier alpha value is -1.36. The van der Waals surface area contributed by atoms with Crippen LogP contribution >= 0.6 is 11.3 Å². The molecule has 0 unspecified atom stereocenters. The molecule has 0 bridgehead atoms. The predicted molar refractivity (Wildman–Crippen MR) is 77.3 cm³/mol. The molecule has 5 heteroatoms. The maximum absolute atomic E-state index is 5.84. The number of aryl methyl sites for hydroxylation is 1. The molecule has 18 heavy (non-hydrogen) atoms. The van der Waals surface area contributed by atoms with Crippen LogP contribution in [0.5, 0.6) is 0 Å². The van der Waals surface area contributed by atoms with Gasteiger partial charge in [0.25, 0.3) is 0 Å². The van der Waals surface area contributed by atoms with Crippen molar-refractivity contribution in [1.82, 2.24) is 9.97 Å². The fourth-order valence-corrected chi connectivity index (χ4v) is 3.46. The van der Waals surface area contributed by atoms with Gasteiger partial charge in [0.15, 0.2) is 0 Å². The zero-order valence-corrected chi connectivity index (χ0v) is 11.5. The number of anilines is 2. The first-order valence-corrected chi connectivity index (χ1v) is 7.40. The van der Waals surface area contributed by atoms with E-state index in [9.17, 15) is 0 Å². The van der Waals surface area contributed by atoms with Crippen molar-refractivity contribution in [2.45, 2.75) is 32.6 Å². The van der Waals surface area contributed by atoms with E-state index < -0.39 is 0 Å². The number of hydrogen-bond acceptors (Lipinski definition) is 5. The molecule has 0 aromatic carbocycles. The Kier molecular flexibility index (Phi) is 3.07. The zero-order valence-electron chi connectivity index (χ0n) is 10.6. The lowest BCUT2D eigenvalue weighted by Gasteiger charge is -2.28. The number of aromatic nitrogens is 2. The molecule has 2 N–H and O–H groups in total. The van der Waals surface area contributed by atoms with Crippen LogP contribution < -0.4 is 10.6 Å². The molecule has 0 amide bonds. The minimum atomic E-state index is 0.396. The Morgan fingerprint density at radius 2 is 2.06 bits per heavy atom. The molecule has 0 saturated carbocycles. The number of nitrogen functional groups attached to an aromatic ring is 1. The van der Waals surface area contributed by atoms with E-state index in [1.807, 2.05) is 0 Å². The van der Waals surface area contributed by atoms with Gasteiger partial charge in [0.2, 0.25) is 5.95 Å². The molecule has 3 heterocycles. The number of nitrogens with two attached hydrogens (primary N) is 1. The van der Waals surface area contributed by atoms with Crippen LogP contribution in [0, 0.1) is 0 Å². The van der Waals surface area contributed by atoms with Crippen LogP contribution in [0.15, 0.2) is 6.07 Å². The van der Waals surface area contributed by atoms with Gasteiger partial charge in [0.05, 0.1) is 5.39 Å². The molecule has 2 aromatic heterocycles. The maximum Gasteiger partial charge on any atom is 0.223 e. The summed E-state index contributed by atoms with van der Waals surface area (Å²) in [6.07, 6.45) is 4.86. The number of hydrogen-bond donors (Lipinski definition) is 1. The van der Waals surface area contributed by atoms with Crippen molar-refractivity contribution in [2.24, 2.45) is 0 Å². The van der Waals surface area contributed by atoms with Crippen LogP contribution in [-0.4, -0.2) is 23.1 Å². The first kappa shape index (κ1) is 11.7. The van der Waals surface area contributed by atoms with Gasteiger partial charge in [0, 0.05) is 18.0 Å². The monoisotopic (exact) mass is 262 g/mol. The van der Waals surface area contributed by atoms with Crippen LogP contribution in [-0.2, 0) is 6.42 Å². The number of fused-ring (bicyclic) bond motifs is 1. The summed E-state index contributed by atoms with van der Waals surface area (Å²) in [6.45, 7) is 4.34. The van der Waals surface area contributed by atoms with E-state index in [1.54, 1.807) is 11.3 Å². The summed E-state index contributed by atoms with van der Waals surface area (Å²) in [4.78, 5) is 13.6. The van der Waals surface area contributed by atoms with E-state index in [1.165, 1.54) is 29.5 Å². The second-order valence-electron chi connectivity index (χ2n) is 4.74. The van der Waals surface area contributed by atoms with Crippen LogP contribution in [0.2, 0.25) is 0 Å². The number of nitrogens with zero attached hydrogens (tertiary/aromatic N) is 3. The topological polar surface area (TPSA) is 55.0 Å². The molecule has 2 aromatic rings. The Bertz CT molecular complexity index is 557. The SMILES string of the molecule is CCc1cc2c(N3CCCCC3)nc(N)nc2s1. The molecule has 3 rings (SSSR count). The van der Waals surface area contributed by atoms with Crippen molar-refractivity contribution in [3.8, 4) is 0 Å². The molecular weight excluding hydrogens is 244 g/mol. The summed E-state index contributed by atoms with van der Waals surface area (Å²) < 4.78 is 0. The van der Waals surface area contributed by atoms with E-state index in [4.69, 9.17) is 5.73 Å². The average molecular weight is 262 g/mol. The summed E-state index contributed by atoms with van der Waals surface area (Å²) in [5, 5.41) is 1.17. The largest absolute Gasteiger partial charge is 0.368 e. The molecule has 1 saturated heterocycles. The lowest BCUT2D eigenvalue weighted by atomic mass is 10.1. The molecule has 1 fully saturated rings. The lowest BCUT2D eigenvalue weighted by Crippen LogP contribution is -2.30. The van der Waals surface area contributed by atoms with Crippen LogP contribution in [0.25, 0.3) is 10.2 Å². The fourth-order valence-electron chi connectivity index (χ4n) is 2.49. The Labute approximate surface area is 111 Å². The highest BCUT2D eigenvalue weighted by Gasteiger charge is 2.18. The summed E-state index contributed by atoms with van der Waals surface area (Å²) in [6, 6.07) is 2.23. The van der Waals surface area contributed by atoms with E-state index in [0.29, 0.717) is 5.95 Å². The van der Waals surface area contributed by atoms with Gasteiger partial charge >= 0.3 is 0 Å². The van der Waals surface area contributed by atoms with Crippen molar-refractivity contribution in [2.75, 3.05) is 23.7 Å². The molecule has 0 radical (unpaired) electrons. The van der Waals surface area contributed by atoms with E-state index in [2.05, 4.69) is 27.9 Å². The van der Waals surface area contributed by atoms with Crippen molar-refractivity contribution in [3.05, 3.63) is 10.9 Å². The average Bonchev–Trinajstić information content (AvgIpc) is 2.81. The third-order valence-electron chi connectivity index (χ3n) is 3.45. The first-order chi connectivity index (χ1) is 8.78. The van der Waals surface area contributed by atoms with Crippen molar-refractivity contribution < 1.29 is 0 Å². The highest BCUT2D eigenvalue weighted by Crippen LogP contribution is 2.32. The van der Waals surface area contributed by atoms with Crippen LogP contribution in [0.4, 0.5) is 11.8 Å². The summed E-state index contributed by atoms with van der Waals surface area (Å²) >= 11 is 1.73. The summed E-state index contributed by atoms with van der Waals surface area (Å²) in [5.74, 6) is 1.43. The second-order valence-corrected chi connectivity index (χ2v) is 5.85. The number of rotatable bonds is 2. The number of piperidine rings is 1. The van der Waals surface area contributed by atoms with E-state index >= 15 is 0 Å². The summed E-state index contributed by atoms with van der Waals surface area (Å²) in [5.41, 5.74) is 5.84. The molecule has 1 aliphatic rings. The number of thiophene rings is 1. The molecular formula is C13H18N4S. The van der Waals surface area contributed by atoms with E-state index in [0.717, 1.165) is 30.2 Å². The molecule has 0 spiro atoms. The molecule has 96 valence electrons. The Balaban J connectivity index is 2.10. The first-order valence-electron chi connectivity index (χ1n) is 6.59. The predicted octanol–water partition coefficient (Wildman–Crippen LogP) is 2.83. The minimum absolute atomic E-state index is 0.396. The highest BCUT2D eigenvalue weighted by molar-refractivity contribution is 7.18. The fraction of sp³-hybridized carbons (Fsp3) is 0.538. The van der Waals surface area contributed by atoms with Gasteiger partial charge in [0.1, 0.15) is 10.6 Å². The minimum Gasteiger partial charge on any atom is -0.368 e. The zero-order chi connectivity index (χ0) is 12.5. The summed E-state index contributed by atoms with van der Waals surface area (Å²) in [7, 11) is 0. The smallest absolute Gasteiger partial charge is 0.223 e. The molecule has 1 aliphatic heterocycles. The van der Waals surface area contributed by atoms with Gasteiger partial charge in [-0.15, -0.1) is 11.3 Å². The van der Waals surface area contributed by atoms with Crippen molar-refractivity contribution in [3.63, 3.8) is 0 Å². The highest BCUT2D eigenvalue weighted by atomic mass is 32.1. The van der Waals surface area contributed by atoms with Gasteiger partial charge in [-0.3, -0.25) is 0 Å². The maximum atomic E-state index is 5.84. The normalized spacial score (nSPS) is 16.4. The van der Waals surface area contributed by atoms with Gasteiger partial charge in [-0.25, -0.2) is 4.98 Å². The van der Waals surface area contributed by atoms with Crippen LogP contribution in [0.1, 0.15) is 31.1 Å². The van der Waals surface area contributed by atoms with Crippen LogP contribution in [0.3, 0.4) is 0 Å². The standard InChI is InChI=1S/C13H18N4S/c1-2-9-8-10-11(17-6-4-3-5-7-17)15-13(14)16-12(10)18-9/h8H,2-7H2,1H3,(H2,14,15,16). The van der Waals surface area contributed by atoms with E-state index in [-0.39, 0.29) is 0 Å². The Morgan fingerprint density at radius 1 is 1.28 bits per heavy atom. The molecule has 0 atom stereocenters. The van der Waals surface area contributed by atoms with Gasteiger partial charge in [-0.2, -0.15) is 4.98 Å². The molecule has 4 nitrogen and oxygen atoms in total. The molecule has 0 aliphatic carbocycles. The Morgan fingerprint density at radius 3 is 2.78 bits per heavy atom. The quantitative estimate of drug-likeness (QED) is 0.904. The van der Waals surface area contributed by atoms with Gasteiger partial charge in [-0.1, -0.05) is 6.92 Å². The van der Waals surface area contributed by atoms with Crippen molar-refractivity contribution in [1.29, 1.82) is 0 Å². The third kappa shape index (κ3) is 2.03. The lowest BCUT2D eigenvalue weighted by molar-refractivity contribution is 0.575. The van der Waals surface area contributed by atoms with Gasteiger partial charge < -0.3 is 10.6 Å². The van der Waals surface area contributed by atoms with Gasteiger partial charge in [-0.05, 0) is 31.7 Å². The second kappa shape index (κ2) is 4.72. The third-order valence-corrected chi connectivity index (χ3v) is 4.62. The van der Waals surface area contributed by atoms with Crippen molar-refractivity contribution >= 4 is 33.3 Å².